The van der Waals surface area contributed by atoms with Crippen molar-refractivity contribution in [3.05, 3.63) is 29.8 Å². The lowest BCUT2D eigenvalue weighted by Crippen LogP contribution is -2.44. The lowest BCUT2D eigenvalue weighted by atomic mass is 9.91. The topological polar surface area (TPSA) is 58.4 Å². The van der Waals surface area contributed by atoms with E-state index in [1.54, 1.807) is 7.05 Å². The van der Waals surface area contributed by atoms with Crippen LogP contribution in [0.3, 0.4) is 0 Å². The van der Waals surface area contributed by atoms with Gasteiger partial charge in [-0.3, -0.25) is 9.69 Å². The smallest absolute Gasteiger partial charge is 0.233 e. The zero-order chi connectivity index (χ0) is 13.0. The van der Waals surface area contributed by atoms with Gasteiger partial charge in [0, 0.05) is 25.3 Å². The Morgan fingerprint density at radius 1 is 1.39 bits per heavy atom. The van der Waals surface area contributed by atoms with Crippen molar-refractivity contribution in [2.45, 2.75) is 31.8 Å². The quantitative estimate of drug-likeness (QED) is 0.773. The summed E-state index contributed by atoms with van der Waals surface area (Å²) in [6, 6.07) is 8.44. The first-order valence-electron chi connectivity index (χ1n) is 6.48. The van der Waals surface area contributed by atoms with Crippen molar-refractivity contribution in [1.82, 2.24) is 10.2 Å². The number of nitrogen functional groups attached to an aromatic ring is 1. The van der Waals surface area contributed by atoms with E-state index in [1.807, 2.05) is 24.3 Å². The van der Waals surface area contributed by atoms with Crippen LogP contribution >= 0.6 is 0 Å². The molecule has 0 radical (unpaired) electrons. The third-order valence-electron chi connectivity index (χ3n) is 3.58. The van der Waals surface area contributed by atoms with E-state index < -0.39 is 0 Å². The van der Waals surface area contributed by atoms with Crippen molar-refractivity contribution in [3.8, 4) is 0 Å². The van der Waals surface area contributed by atoms with Gasteiger partial charge in [0.1, 0.15) is 0 Å². The number of anilines is 1. The number of nitrogens with one attached hydrogen (secondary N) is 1. The summed E-state index contributed by atoms with van der Waals surface area (Å²) < 4.78 is 0. The van der Waals surface area contributed by atoms with E-state index in [1.165, 1.54) is 24.8 Å². The van der Waals surface area contributed by atoms with Crippen LogP contribution in [-0.2, 0) is 11.3 Å². The third kappa shape index (κ3) is 3.23. The molecule has 1 amide bonds. The molecule has 0 heterocycles. The van der Waals surface area contributed by atoms with Gasteiger partial charge in [-0.25, -0.2) is 0 Å². The zero-order valence-electron chi connectivity index (χ0n) is 10.9. The molecule has 0 bridgehead atoms. The maximum atomic E-state index is 11.5. The fraction of sp³-hybridized carbons (Fsp3) is 0.500. The van der Waals surface area contributed by atoms with E-state index in [-0.39, 0.29) is 5.91 Å². The van der Waals surface area contributed by atoms with Crippen LogP contribution in [0.5, 0.6) is 0 Å². The normalized spacial score (nSPS) is 15.4. The molecular weight excluding hydrogens is 226 g/mol. The molecule has 1 aromatic rings. The molecule has 0 aliphatic heterocycles. The van der Waals surface area contributed by atoms with Gasteiger partial charge in [-0.2, -0.15) is 0 Å². The Hall–Kier alpha value is -1.55. The number of hydrogen-bond acceptors (Lipinski definition) is 3. The third-order valence-corrected chi connectivity index (χ3v) is 3.58. The molecule has 2 rings (SSSR count). The van der Waals surface area contributed by atoms with Crippen molar-refractivity contribution in [2.75, 3.05) is 19.3 Å². The maximum Gasteiger partial charge on any atom is 0.233 e. The van der Waals surface area contributed by atoms with Crippen molar-refractivity contribution < 1.29 is 4.79 Å². The molecule has 0 aromatic heterocycles. The highest BCUT2D eigenvalue weighted by Gasteiger charge is 2.26. The Morgan fingerprint density at radius 3 is 2.56 bits per heavy atom. The summed E-state index contributed by atoms with van der Waals surface area (Å²) in [6.45, 7) is 1.30. The molecule has 1 aliphatic rings. The number of benzene rings is 1. The van der Waals surface area contributed by atoms with E-state index in [0.717, 1.165) is 12.2 Å². The van der Waals surface area contributed by atoms with Crippen LogP contribution in [0.15, 0.2) is 24.3 Å². The van der Waals surface area contributed by atoms with E-state index in [2.05, 4.69) is 10.2 Å². The summed E-state index contributed by atoms with van der Waals surface area (Å²) in [5.74, 6) is 0.0809. The predicted molar refractivity (Wildman–Crippen MR) is 73.0 cm³/mol. The predicted octanol–water partition coefficient (Wildman–Crippen LogP) is 1.37. The Balaban J connectivity index is 1.99. The molecule has 1 fully saturated rings. The standard InChI is InChI=1S/C14H21N3O/c1-16-14(18)10-17(13-3-2-4-13)9-11-5-7-12(15)8-6-11/h5-8,13H,2-4,9-10,15H2,1H3,(H,16,18). The summed E-state index contributed by atoms with van der Waals surface area (Å²) in [7, 11) is 1.69. The molecule has 3 N–H and O–H groups in total. The molecule has 4 heteroatoms. The van der Waals surface area contributed by atoms with Crippen LogP contribution in [0.2, 0.25) is 0 Å². The highest BCUT2D eigenvalue weighted by Crippen LogP contribution is 2.26. The number of amides is 1. The monoisotopic (exact) mass is 247 g/mol. The van der Waals surface area contributed by atoms with Gasteiger partial charge in [0.05, 0.1) is 6.54 Å². The van der Waals surface area contributed by atoms with E-state index in [9.17, 15) is 4.79 Å². The average molecular weight is 247 g/mol. The van der Waals surface area contributed by atoms with Crippen LogP contribution < -0.4 is 11.1 Å². The second kappa shape index (κ2) is 5.87. The minimum Gasteiger partial charge on any atom is -0.399 e. The molecule has 0 spiro atoms. The number of carbonyl (C=O) groups is 1. The first kappa shape index (κ1) is 12.9. The first-order chi connectivity index (χ1) is 8.69. The Kier molecular flexibility index (Phi) is 4.20. The van der Waals surface area contributed by atoms with Gasteiger partial charge in [-0.1, -0.05) is 18.6 Å². The Morgan fingerprint density at radius 2 is 2.06 bits per heavy atom. The molecule has 98 valence electrons. The highest BCUT2D eigenvalue weighted by molar-refractivity contribution is 5.77. The molecule has 1 aliphatic carbocycles. The molecule has 0 saturated heterocycles. The Labute approximate surface area is 108 Å². The summed E-state index contributed by atoms with van der Waals surface area (Å²) in [5.41, 5.74) is 7.67. The van der Waals surface area contributed by atoms with E-state index >= 15 is 0 Å². The van der Waals surface area contributed by atoms with Crippen LogP contribution in [-0.4, -0.2) is 30.4 Å². The SMILES string of the molecule is CNC(=O)CN(Cc1ccc(N)cc1)C1CCC1. The maximum absolute atomic E-state index is 11.5. The first-order valence-corrected chi connectivity index (χ1v) is 6.48. The van der Waals surface area contributed by atoms with Gasteiger partial charge >= 0.3 is 0 Å². The molecule has 0 atom stereocenters. The van der Waals surface area contributed by atoms with Crippen LogP contribution in [0.25, 0.3) is 0 Å². The summed E-state index contributed by atoms with van der Waals surface area (Å²) in [4.78, 5) is 13.8. The largest absolute Gasteiger partial charge is 0.399 e. The minimum absolute atomic E-state index is 0.0809. The molecule has 1 aromatic carbocycles. The molecular formula is C14H21N3O. The second-order valence-electron chi connectivity index (χ2n) is 4.90. The number of nitrogens with zero attached hydrogens (tertiary/aromatic N) is 1. The second-order valence-corrected chi connectivity index (χ2v) is 4.90. The summed E-state index contributed by atoms with van der Waals surface area (Å²) in [5, 5.41) is 2.69. The summed E-state index contributed by atoms with van der Waals surface area (Å²) >= 11 is 0. The minimum atomic E-state index is 0.0809. The van der Waals surface area contributed by atoms with Crippen molar-refractivity contribution in [2.24, 2.45) is 0 Å². The molecule has 0 unspecified atom stereocenters. The number of hydrogen-bond donors (Lipinski definition) is 2. The van der Waals surface area contributed by atoms with Gasteiger partial charge < -0.3 is 11.1 Å². The number of likely N-dealkylation sites (N-methyl/N-ethyl adjacent to an activating group) is 1. The number of carbonyl (C=O) groups excluding carboxylic acids is 1. The van der Waals surface area contributed by atoms with Crippen molar-refractivity contribution >= 4 is 11.6 Å². The molecule has 18 heavy (non-hydrogen) atoms. The Bertz CT molecular complexity index is 398. The van der Waals surface area contributed by atoms with E-state index in [0.29, 0.717) is 12.6 Å². The van der Waals surface area contributed by atoms with Gasteiger partial charge in [-0.15, -0.1) is 0 Å². The van der Waals surface area contributed by atoms with Crippen molar-refractivity contribution in [3.63, 3.8) is 0 Å². The van der Waals surface area contributed by atoms with Gasteiger partial charge in [0.15, 0.2) is 0 Å². The van der Waals surface area contributed by atoms with Crippen LogP contribution in [0, 0.1) is 0 Å². The zero-order valence-corrected chi connectivity index (χ0v) is 10.9. The van der Waals surface area contributed by atoms with Gasteiger partial charge in [0.2, 0.25) is 5.91 Å². The summed E-state index contributed by atoms with van der Waals surface area (Å²) in [6.07, 6.45) is 3.68. The van der Waals surface area contributed by atoms with Crippen LogP contribution in [0.1, 0.15) is 24.8 Å². The molecule has 1 saturated carbocycles. The van der Waals surface area contributed by atoms with E-state index in [4.69, 9.17) is 5.73 Å². The van der Waals surface area contributed by atoms with Gasteiger partial charge in [-0.05, 0) is 30.5 Å². The van der Waals surface area contributed by atoms with Gasteiger partial charge in [0.25, 0.3) is 0 Å². The number of nitrogens with two attached hydrogens (primary N) is 1. The highest BCUT2D eigenvalue weighted by atomic mass is 16.1. The lowest BCUT2D eigenvalue weighted by Gasteiger charge is -2.37. The fourth-order valence-corrected chi connectivity index (χ4v) is 2.19. The van der Waals surface area contributed by atoms with Crippen LogP contribution in [0.4, 0.5) is 5.69 Å². The lowest BCUT2D eigenvalue weighted by molar-refractivity contribution is -0.123. The molecule has 4 nitrogen and oxygen atoms in total. The number of rotatable bonds is 5. The van der Waals surface area contributed by atoms with Crippen molar-refractivity contribution in [1.29, 1.82) is 0 Å². The average Bonchev–Trinajstić information content (AvgIpc) is 2.29. The fourth-order valence-electron chi connectivity index (χ4n) is 2.19.